The second-order valence-corrected chi connectivity index (χ2v) is 5.39. The minimum absolute atomic E-state index is 0.205. The summed E-state index contributed by atoms with van der Waals surface area (Å²) >= 11 is 0. The Morgan fingerprint density at radius 1 is 1.14 bits per heavy atom. The zero-order chi connectivity index (χ0) is 14.7. The van der Waals surface area contributed by atoms with Crippen LogP contribution in [-0.2, 0) is 28.0 Å². The first-order valence-corrected chi connectivity index (χ1v) is 7.22. The van der Waals surface area contributed by atoms with Crippen molar-refractivity contribution in [2.75, 3.05) is 7.11 Å². The highest BCUT2D eigenvalue weighted by Crippen LogP contribution is 2.38. The summed E-state index contributed by atoms with van der Waals surface area (Å²) in [6, 6.07) is 18.2. The number of nitrogens with one attached hydrogen (secondary N) is 1. The molecule has 0 radical (unpaired) electrons. The lowest BCUT2D eigenvalue weighted by Gasteiger charge is -2.29. The molecule has 1 aliphatic carbocycles. The molecule has 0 aliphatic heterocycles. The van der Waals surface area contributed by atoms with Gasteiger partial charge in [0.2, 0.25) is 0 Å². The second kappa shape index (κ2) is 5.70. The summed E-state index contributed by atoms with van der Waals surface area (Å²) in [6.07, 6.45) is 1.64. The molecule has 0 fully saturated rings. The minimum atomic E-state index is -0.721. The van der Waals surface area contributed by atoms with Gasteiger partial charge < -0.3 is 4.74 Å². The van der Waals surface area contributed by atoms with E-state index in [1.807, 2.05) is 36.4 Å². The van der Waals surface area contributed by atoms with Gasteiger partial charge >= 0.3 is 5.97 Å². The van der Waals surface area contributed by atoms with E-state index in [1.54, 1.807) is 0 Å². The Balaban J connectivity index is 1.91. The van der Waals surface area contributed by atoms with Gasteiger partial charge in [0.25, 0.3) is 0 Å². The highest BCUT2D eigenvalue weighted by atomic mass is 16.5. The van der Waals surface area contributed by atoms with E-state index >= 15 is 0 Å². The second-order valence-electron chi connectivity index (χ2n) is 5.39. The molecule has 0 saturated heterocycles. The number of hydrogen-bond acceptors (Lipinski definition) is 3. The molecule has 0 amide bonds. The first kappa shape index (κ1) is 13.8. The van der Waals surface area contributed by atoms with Crippen LogP contribution in [0.15, 0.2) is 54.6 Å². The van der Waals surface area contributed by atoms with Gasteiger partial charge in [-0.05, 0) is 29.5 Å². The highest BCUT2D eigenvalue weighted by Gasteiger charge is 2.45. The number of esters is 1. The fraction of sp³-hybridized carbons (Fsp3) is 0.278. The lowest BCUT2D eigenvalue weighted by Crippen LogP contribution is -2.47. The molecule has 3 heteroatoms. The summed E-state index contributed by atoms with van der Waals surface area (Å²) in [5.74, 6) is -0.205. The number of aryl methyl sites for hydroxylation is 1. The van der Waals surface area contributed by atoms with Crippen molar-refractivity contribution in [3.8, 4) is 0 Å². The molecular weight excluding hydrogens is 262 g/mol. The summed E-state index contributed by atoms with van der Waals surface area (Å²) in [5, 5.41) is 3.44. The van der Waals surface area contributed by atoms with Crippen molar-refractivity contribution in [3.05, 3.63) is 71.3 Å². The Labute approximate surface area is 124 Å². The summed E-state index contributed by atoms with van der Waals surface area (Å²) < 4.78 is 5.08. The summed E-state index contributed by atoms with van der Waals surface area (Å²) in [4.78, 5) is 12.4. The topological polar surface area (TPSA) is 38.3 Å². The van der Waals surface area contributed by atoms with Crippen molar-refractivity contribution in [1.29, 1.82) is 0 Å². The summed E-state index contributed by atoms with van der Waals surface area (Å²) in [7, 11) is 1.45. The molecule has 1 aliphatic rings. The summed E-state index contributed by atoms with van der Waals surface area (Å²) in [5.41, 5.74) is 2.71. The van der Waals surface area contributed by atoms with Gasteiger partial charge in [0.05, 0.1) is 7.11 Å². The fourth-order valence-corrected chi connectivity index (χ4v) is 3.10. The SMILES string of the molecule is COC(=O)C1(NCc2ccccc2)CCc2ccccc21. The van der Waals surface area contributed by atoms with Crippen molar-refractivity contribution in [2.45, 2.75) is 24.9 Å². The van der Waals surface area contributed by atoms with Crippen LogP contribution in [0.3, 0.4) is 0 Å². The van der Waals surface area contributed by atoms with Crippen LogP contribution in [0.4, 0.5) is 0 Å². The number of hydrogen-bond donors (Lipinski definition) is 1. The molecule has 0 bridgehead atoms. The zero-order valence-corrected chi connectivity index (χ0v) is 12.1. The molecule has 1 N–H and O–H groups in total. The van der Waals surface area contributed by atoms with E-state index in [4.69, 9.17) is 4.74 Å². The maximum atomic E-state index is 12.4. The third-order valence-electron chi connectivity index (χ3n) is 4.22. The summed E-state index contributed by atoms with van der Waals surface area (Å²) in [6.45, 7) is 0.643. The van der Waals surface area contributed by atoms with E-state index in [9.17, 15) is 4.79 Å². The average molecular weight is 281 g/mol. The number of methoxy groups -OCH3 is 1. The van der Waals surface area contributed by atoms with Gasteiger partial charge in [-0.1, -0.05) is 54.6 Å². The fourth-order valence-electron chi connectivity index (χ4n) is 3.10. The molecule has 0 aromatic heterocycles. The third-order valence-corrected chi connectivity index (χ3v) is 4.22. The molecule has 0 saturated carbocycles. The highest BCUT2D eigenvalue weighted by molar-refractivity contribution is 5.84. The molecule has 2 aromatic carbocycles. The van der Waals surface area contributed by atoms with Crippen LogP contribution in [0.1, 0.15) is 23.1 Å². The van der Waals surface area contributed by atoms with Crippen molar-refractivity contribution in [2.24, 2.45) is 0 Å². The predicted molar refractivity (Wildman–Crippen MR) is 81.7 cm³/mol. The average Bonchev–Trinajstić information content (AvgIpc) is 2.93. The lowest BCUT2D eigenvalue weighted by atomic mass is 9.91. The molecule has 0 spiro atoms. The van der Waals surface area contributed by atoms with E-state index < -0.39 is 5.54 Å². The number of rotatable bonds is 4. The van der Waals surface area contributed by atoms with Crippen LogP contribution in [-0.4, -0.2) is 13.1 Å². The van der Waals surface area contributed by atoms with Crippen LogP contribution >= 0.6 is 0 Å². The van der Waals surface area contributed by atoms with Crippen LogP contribution in [0.2, 0.25) is 0 Å². The van der Waals surface area contributed by atoms with Gasteiger partial charge in [-0.25, -0.2) is 4.79 Å². The van der Waals surface area contributed by atoms with E-state index in [0.717, 1.165) is 24.0 Å². The quantitative estimate of drug-likeness (QED) is 0.876. The van der Waals surface area contributed by atoms with Crippen molar-refractivity contribution < 1.29 is 9.53 Å². The Morgan fingerprint density at radius 2 is 1.86 bits per heavy atom. The Bertz CT molecular complexity index is 639. The molecule has 1 unspecified atom stereocenters. The van der Waals surface area contributed by atoms with E-state index in [1.165, 1.54) is 12.7 Å². The van der Waals surface area contributed by atoms with Crippen molar-refractivity contribution >= 4 is 5.97 Å². The van der Waals surface area contributed by atoms with Gasteiger partial charge in [-0.3, -0.25) is 5.32 Å². The molecule has 108 valence electrons. The molecule has 21 heavy (non-hydrogen) atoms. The molecular formula is C18H19NO2. The maximum absolute atomic E-state index is 12.4. The molecule has 0 heterocycles. The van der Waals surface area contributed by atoms with Crippen LogP contribution in [0, 0.1) is 0 Å². The van der Waals surface area contributed by atoms with Crippen LogP contribution < -0.4 is 5.32 Å². The van der Waals surface area contributed by atoms with E-state index in [2.05, 4.69) is 23.5 Å². The standard InChI is InChI=1S/C18H19NO2/c1-21-17(20)18(19-13-14-7-3-2-4-8-14)12-11-15-9-5-6-10-16(15)18/h2-10,19H,11-13H2,1H3. The van der Waals surface area contributed by atoms with Gasteiger partial charge in [0, 0.05) is 6.54 Å². The van der Waals surface area contributed by atoms with Crippen LogP contribution in [0.5, 0.6) is 0 Å². The van der Waals surface area contributed by atoms with Crippen molar-refractivity contribution in [1.82, 2.24) is 5.32 Å². The zero-order valence-electron chi connectivity index (χ0n) is 12.1. The number of carbonyl (C=O) groups excluding carboxylic acids is 1. The smallest absolute Gasteiger partial charge is 0.330 e. The first-order chi connectivity index (χ1) is 10.3. The number of ether oxygens (including phenoxy) is 1. The normalized spacial score (nSPS) is 20.0. The third kappa shape index (κ3) is 2.45. The number of fused-ring (bicyclic) bond motifs is 1. The van der Waals surface area contributed by atoms with Gasteiger partial charge in [0.1, 0.15) is 5.54 Å². The van der Waals surface area contributed by atoms with Gasteiger partial charge in [0.15, 0.2) is 0 Å². The predicted octanol–water partition coefficient (Wildman–Crippen LogP) is 2.79. The van der Waals surface area contributed by atoms with E-state index in [-0.39, 0.29) is 5.97 Å². The van der Waals surface area contributed by atoms with E-state index in [0.29, 0.717) is 6.54 Å². The Hall–Kier alpha value is -2.13. The molecule has 3 rings (SSSR count). The van der Waals surface area contributed by atoms with Gasteiger partial charge in [-0.2, -0.15) is 0 Å². The Morgan fingerprint density at radius 3 is 2.62 bits per heavy atom. The number of carbonyl (C=O) groups is 1. The largest absolute Gasteiger partial charge is 0.467 e. The maximum Gasteiger partial charge on any atom is 0.330 e. The monoisotopic (exact) mass is 281 g/mol. The van der Waals surface area contributed by atoms with Crippen LogP contribution in [0.25, 0.3) is 0 Å². The molecule has 1 atom stereocenters. The first-order valence-electron chi connectivity index (χ1n) is 7.22. The Kier molecular flexibility index (Phi) is 3.76. The molecule has 2 aromatic rings. The number of benzene rings is 2. The van der Waals surface area contributed by atoms with Gasteiger partial charge in [-0.15, -0.1) is 0 Å². The minimum Gasteiger partial charge on any atom is -0.467 e. The molecule has 3 nitrogen and oxygen atoms in total. The van der Waals surface area contributed by atoms with Crippen molar-refractivity contribution in [3.63, 3.8) is 0 Å². The lowest BCUT2D eigenvalue weighted by molar-refractivity contribution is -0.149.